The zero-order chi connectivity index (χ0) is 18.6. The first-order valence-corrected chi connectivity index (χ1v) is 10.8. The molecule has 0 spiro atoms. The molecule has 136 valence electrons. The van der Waals surface area contributed by atoms with Crippen LogP contribution in [0.2, 0.25) is 5.02 Å². The van der Waals surface area contributed by atoms with Gasteiger partial charge in [0.2, 0.25) is 0 Å². The number of hydrogen-bond acceptors (Lipinski definition) is 3. The molecular formula is C18H19ClF2O2S2. The van der Waals surface area contributed by atoms with Gasteiger partial charge in [0.1, 0.15) is 11.6 Å². The molecule has 1 unspecified atom stereocenters. The van der Waals surface area contributed by atoms with Crippen molar-refractivity contribution in [1.82, 2.24) is 0 Å². The van der Waals surface area contributed by atoms with Crippen LogP contribution in [0, 0.1) is 11.6 Å². The number of hydrogen-bond donors (Lipinski definition) is 0. The first-order valence-electron chi connectivity index (χ1n) is 7.93. The first kappa shape index (κ1) is 20.2. The van der Waals surface area contributed by atoms with Crippen molar-refractivity contribution in [1.29, 1.82) is 0 Å². The third-order valence-electron chi connectivity index (χ3n) is 3.56. The Bertz CT molecular complexity index is 837. The van der Waals surface area contributed by atoms with Gasteiger partial charge in [-0.2, -0.15) is 0 Å². The summed E-state index contributed by atoms with van der Waals surface area (Å²) >= 11 is 6.91. The molecule has 3 rings (SSSR count). The lowest BCUT2D eigenvalue weighted by Gasteiger charge is -2.25. The van der Waals surface area contributed by atoms with E-state index in [1.807, 2.05) is 0 Å². The maximum atomic E-state index is 14.1. The van der Waals surface area contributed by atoms with Crippen molar-refractivity contribution in [2.45, 2.75) is 41.7 Å². The molecule has 2 nitrogen and oxygen atoms in total. The lowest BCUT2D eigenvalue weighted by atomic mass is 10.1. The molecule has 0 amide bonds. The van der Waals surface area contributed by atoms with Gasteiger partial charge in [-0.15, -0.1) is 11.8 Å². The molecule has 1 aliphatic heterocycles. The fraction of sp³-hybridized carbons (Fsp3) is 0.333. The maximum Gasteiger partial charge on any atom is 0.185 e. The van der Waals surface area contributed by atoms with Crippen LogP contribution in [-0.2, 0) is 9.84 Å². The van der Waals surface area contributed by atoms with Crippen LogP contribution < -0.4 is 0 Å². The number of thioether (sulfide) groups is 1. The molecule has 0 radical (unpaired) electrons. The molecule has 2 aromatic carbocycles. The summed E-state index contributed by atoms with van der Waals surface area (Å²) in [6.45, 7) is 4.25. The second-order valence-electron chi connectivity index (χ2n) is 5.60. The highest BCUT2D eigenvalue weighted by Crippen LogP contribution is 2.45. The molecule has 0 aliphatic carbocycles. The third kappa shape index (κ3) is 4.36. The van der Waals surface area contributed by atoms with Gasteiger partial charge >= 0.3 is 0 Å². The van der Waals surface area contributed by atoms with E-state index >= 15 is 0 Å². The summed E-state index contributed by atoms with van der Waals surface area (Å²) < 4.78 is 53.6. The summed E-state index contributed by atoms with van der Waals surface area (Å²) in [6.07, 6.45) is 1.49. The monoisotopic (exact) mass is 404 g/mol. The Labute approximate surface area is 156 Å². The highest BCUT2D eigenvalue weighted by Gasteiger charge is 2.36. The molecule has 0 fully saturated rings. The van der Waals surface area contributed by atoms with Crippen LogP contribution in [0.4, 0.5) is 8.78 Å². The summed E-state index contributed by atoms with van der Waals surface area (Å²) in [4.78, 5) is 0.150. The predicted molar refractivity (Wildman–Crippen MR) is 99.0 cm³/mol. The van der Waals surface area contributed by atoms with E-state index in [0.29, 0.717) is 10.8 Å². The second-order valence-corrected chi connectivity index (χ2v) is 9.28. The van der Waals surface area contributed by atoms with Crippen molar-refractivity contribution >= 4 is 33.2 Å². The van der Waals surface area contributed by atoms with E-state index in [1.165, 1.54) is 30.7 Å². The topological polar surface area (TPSA) is 34.1 Å². The van der Waals surface area contributed by atoms with Crippen molar-refractivity contribution < 1.29 is 17.2 Å². The minimum Gasteiger partial charge on any atom is -0.223 e. The van der Waals surface area contributed by atoms with Gasteiger partial charge in [0.15, 0.2) is 9.84 Å². The van der Waals surface area contributed by atoms with Crippen LogP contribution in [0.25, 0.3) is 0 Å². The van der Waals surface area contributed by atoms with E-state index in [-0.39, 0.29) is 21.8 Å². The van der Waals surface area contributed by atoms with Gasteiger partial charge in [0.05, 0.1) is 15.0 Å². The third-order valence-corrected chi connectivity index (χ3v) is 7.11. The minimum atomic E-state index is -3.81. The quantitative estimate of drug-likeness (QED) is 0.611. The predicted octanol–water partition coefficient (Wildman–Crippen LogP) is 6.05. The van der Waals surface area contributed by atoms with Crippen LogP contribution in [0.5, 0.6) is 0 Å². The molecule has 2 aromatic rings. The molecule has 1 heterocycles. The molecule has 1 aliphatic rings. The van der Waals surface area contributed by atoms with Gasteiger partial charge in [-0.25, -0.2) is 17.2 Å². The molecule has 0 bridgehead atoms. The molecule has 0 saturated carbocycles. The molecule has 7 heteroatoms. The van der Waals surface area contributed by atoms with Gasteiger partial charge < -0.3 is 0 Å². The smallest absolute Gasteiger partial charge is 0.185 e. The molecule has 0 N–H and O–H groups in total. The highest BCUT2D eigenvalue weighted by molar-refractivity contribution is 7.99. The number of rotatable bonds is 2. The van der Waals surface area contributed by atoms with Crippen LogP contribution in [-0.4, -0.2) is 14.2 Å². The number of halogens is 3. The summed E-state index contributed by atoms with van der Waals surface area (Å²) in [6, 6.07) is 7.71. The summed E-state index contributed by atoms with van der Waals surface area (Å²) in [7, 11) is -3.81. The molecule has 25 heavy (non-hydrogen) atoms. The first-order chi connectivity index (χ1) is 11.8. The molecule has 1 atom stereocenters. The summed E-state index contributed by atoms with van der Waals surface area (Å²) in [5.41, 5.74) is -0.0637. The van der Waals surface area contributed by atoms with E-state index < -0.39 is 26.7 Å². The second kappa shape index (κ2) is 8.52. The zero-order valence-corrected chi connectivity index (χ0v) is 16.3. The number of fused-ring (bicyclic) bond motifs is 1. The number of benzene rings is 2. The Hall–Kier alpha value is -1.11. The summed E-state index contributed by atoms with van der Waals surface area (Å²) in [5.74, 6) is -0.853. The van der Waals surface area contributed by atoms with Crippen molar-refractivity contribution in [2.24, 2.45) is 0 Å². The highest BCUT2D eigenvalue weighted by atomic mass is 35.5. The van der Waals surface area contributed by atoms with E-state index in [2.05, 4.69) is 13.8 Å². The average molecular weight is 405 g/mol. The fourth-order valence-electron chi connectivity index (χ4n) is 2.51. The van der Waals surface area contributed by atoms with Gasteiger partial charge in [0.25, 0.3) is 0 Å². The SMILES string of the molecule is CCC.O=S(=O)(c1ccc(Cl)cc1)C1CCSc2c(F)ccc(F)c21. The Balaban J connectivity index is 0.000000701. The normalized spacial score (nSPS) is 16.6. The Kier molecular flexibility index (Phi) is 6.88. The molecule has 0 aromatic heterocycles. The van der Waals surface area contributed by atoms with Crippen molar-refractivity contribution in [3.63, 3.8) is 0 Å². The summed E-state index contributed by atoms with van der Waals surface area (Å²) in [5, 5.41) is -0.670. The van der Waals surface area contributed by atoms with E-state index in [0.717, 1.165) is 23.9 Å². The largest absolute Gasteiger partial charge is 0.223 e. The maximum absolute atomic E-state index is 14.1. The van der Waals surface area contributed by atoms with Gasteiger partial charge in [-0.05, 0) is 48.6 Å². The minimum absolute atomic E-state index is 0.0587. The van der Waals surface area contributed by atoms with Crippen molar-refractivity contribution in [3.8, 4) is 0 Å². The molecule has 0 saturated heterocycles. The fourth-order valence-corrected chi connectivity index (χ4v) is 5.83. The van der Waals surface area contributed by atoms with Gasteiger partial charge in [0, 0.05) is 10.6 Å². The zero-order valence-electron chi connectivity index (χ0n) is 13.9. The van der Waals surface area contributed by atoms with Crippen molar-refractivity contribution in [2.75, 3.05) is 5.75 Å². The number of sulfone groups is 1. The van der Waals surface area contributed by atoms with E-state index in [9.17, 15) is 17.2 Å². The van der Waals surface area contributed by atoms with Crippen LogP contribution >= 0.6 is 23.4 Å². The Morgan fingerprint density at radius 1 is 1.08 bits per heavy atom. The Morgan fingerprint density at radius 3 is 2.24 bits per heavy atom. The Morgan fingerprint density at radius 2 is 1.64 bits per heavy atom. The van der Waals surface area contributed by atoms with Crippen LogP contribution in [0.1, 0.15) is 37.5 Å². The van der Waals surface area contributed by atoms with Gasteiger partial charge in [-0.1, -0.05) is 31.9 Å². The van der Waals surface area contributed by atoms with Crippen molar-refractivity contribution in [3.05, 3.63) is 58.6 Å². The van der Waals surface area contributed by atoms with E-state index in [1.54, 1.807) is 0 Å². The standard InChI is InChI=1S/C15H11ClF2O2S2.C3H8/c16-9-1-3-10(4-2-9)22(19,20)13-7-8-21-15-12(18)6-5-11(17)14(13)15;1-3-2/h1-6,13H,7-8H2;3H2,1-2H3. The van der Waals surface area contributed by atoms with Crippen LogP contribution in [0.3, 0.4) is 0 Å². The van der Waals surface area contributed by atoms with Crippen LogP contribution in [0.15, 0.2) is 46.2 Å². The lowest BCUT2D eigenvalue weighted by Crippen LogP contribution is -2.20. The van der Waals surface area contributed by atoms with E-state index in [4.69, 9.17) is 11.6 Å². The lowest BCUT2D eigenvalue weighted by molar-refractivity contribution is 0.537. The average Bonchev–Trinajstić information content (AvgIpc) is 2.59. The molecular weight excluding hydrogens is 386 g/mol. The van der Waals surface area contributed by atoms with Gasteiger partial charge in [-0.3, -0.25) is 0 Å².